The predicted octanol–water partition coefficient (Wildman–Crippen LogP) is 3.35. The van der Waals surface area contributed by atoms with Crippen molar-refractivity contribution in [3.63, 3.8) is 0 Å². The van der Waals surface area contributed by atoms with Crippen LogP contribution >= 0.6 is 0 Å². The van der Waals surface area contributed by atoms with Crippen LogP contribution in [0.25, 0.3) is 0 Å². The van der Waals surface area contributed by atoms with Gasteiger partial charge in [-0.05, 0) is 31.2 Å². The normalized spacial score (nSPS) is 11.2. The Morgan fingerprint density at radius 2 is 1.89 bits per heavy atom. The molecule has 1 atom stereocenters. The van der Waals surface area contributed by atoms with E-state index in [1.807, 2.05) is 37.3 Å². The molecule has 2 aromatic rings. The van der Waals surface area contributed by atoms with Gasteiger partial charge >= 0.3 is 0 Å². The average Bonchev–Trinajstić information content (AvgIpc) is 2.47. The average molecular weight is 253 g/mol. The molecular formula is C15H15N3O. The van der Waals surface area contributed by atoms with Crippen LogP contribution in [0, 0.1) is 0 Å². The topological polar surface area (TPSA) is 46.8 Å². The first-order chi connectivity index (χ1) is 9.34. The maximum absolute atomic E-state index is 5.59. The first kappa shape index (κ1) is 13.0. The van der Waals surface area contributed by atoms with Crippen molar-refractivity contribution in [2.45, 2.75) is 13.0 Å². The number of ether oxygens (including phenoxy) is 1. The maximum atomic E-state index is 5.59. The van der Waals surface area contributed by atoms with E-state index in [0.717, 1.165) is 11.4 Å². The van der Waals surface area contributed by atoms with Gasteiger partial charge in [0.15, 0.2) is 0 Å². The fourth-order valence-corrected chi connectivity index (χ4v) is 1.37. The zero-order valence-electron chi connectivity index (χ0n) is 10.7. The lowest BCUT2D eigenvalue weighted by Crippen LogP contribution is -2.11. The summed E-state index contributed by atoms with van der Waals surface area (Å²) in [6.07, 6.45) is 3.37. The van der Waals surface area contributed by atoms with Gasteiger partial charge < -0.3 is 4.74 Å². The minimum absolute atomic E-state index is 0.00536. The van der Waals surface area contributed by atoms with Crippen LogP contribution in [-0.4, -0.2) is 23.6 Å². The van der Waals surface area contributed by atoms with Gasteiger partial charge in [-0.25, -0.2) is 4.99 Å². The molecule has 96 valence electrons. The molecule has 4 nitrogen and oxygen atoms in total. The summed E-state index contributed by atoms with van der Waals surface area (Å²) in [5, 5.41) is 0. The summed E-state index contributed by atoms with van der Waals surface area (Å²) in [6, 6.07) is 16.0. The van der Waals surface area contributed by atoms with E-state index in [1.54, 1.807) is 24.5 Å². The highest BCUT2D eigenvalue weighted by atomic mass is 16.5. The summed E-state index contributed by atoms with van der Waals surface area (Å²) in [4.78, 5) is 12.2. The van der Waals surface area contributed by atoms with E-state index in [0.29, 0.717) is 6.61 Å². The van der Waals surface area contributed by atoms with Gasteiger partial charge in [0.05, 0.1) is 17.7 Å². The maximum Gasteiger partial charge on any atom is 0.119 e. The van der Waals surface area contributed by atoms with E-state index >= 15 is 0 Å². The van der Waals surface area contributed by atoms with E-state index in [1.165, 1.54) is 0 Å². The highest BCUT2D eigenvalue weighted by molar-refractivity contribution is 5.51. The third kappa shape index (κ3) is 4.74. The molecule has 1 aromatic carbocycles. The van der Waals surface area contributed by atoms with Crippen molar-refractivity contribution in [2.75, 3.05) is 6.61 Å². The molecule has 0 radical (unpaired) electrons. The van der Waals surface area contributed by atoms with Gasteiger partial charge in [0.25, 0.3) is 0 Å². The number of pyridine rings is 1. The smallest absolute Gasteiger partial charge is 0.119 e. The Morgan fingerprint density at radius 1 is 1.16 bits per heavy atom. The fraction of sp³-hybridized carbons (Fsp3) is 0.200. The molecular weight excluding hydrogens is 238 g/mol. The number of aromatic nitrogens is 1. The number of benzene rings is 1. The Balaban J connectivity index is 1.84. The number of hydrogen-bond donors (Lipinski definition) is 0. The highest BCUT2D eigenvalue weighted by Crippen LogP contribution is 2.09. The Morgan fingerprint density at radius 3 is 2.63 bits per heavy atom. The summed E-state index contributed by atoms with van der Waals surface area (Å²) in [6.45, 7) is 2.46. The number of hydrogen-bond acceptors (Lipinski definition) is 4. The number of aliphatic imine (C=N–C) groups is 2. The standard InChI is InChI=1S/C15H15N3O/c1-13(11-19-15-5-3-2-4-6-15)17-12-18-14-7-9-16-10-8-14/h2-10,13H,11H2,1H3. The lowest BCUT2D eigenvalue weighted by atomic mass is 10.3. The van der Waals surface area contributed by atoms with Crippen molar-refractivity contribution in [3.05, 3.63) is 54.9 Å². The van der Waals surface area contributed by atoms with Crippen LogP contribution in [0.5, 0.6) is 5.75 Å². The van der Waals surface area contributed by atoms with Gasteiger partial charge in [-0.2, -0.15) is 4.99 Å². The molecule has 0 spiro atoms. The first-order valence-electron chi connectivity index (χ1n) is 6.08. The molecule has 0 bridgehead atoms. The summed E-state index contributed by atoms with van der Waals surface area (Å²) in [5.41, 5.74) is 0.787. The molecule has 0 saturated carbocycles. The fourth-order valence-electron chi connectivity index (χ4n) is 1.37. The molecule has 2 rings (SSSR count). The predicted molar refractivity (Wildman–Crippen MR) is 75.2 cm³/mol. The molecule has 19 heavy (non-hydrogen) atoms. The van der Waals surface area contributed by atoms with Gasteiger partial charge in [0.1, 0.15) is 12.4 Å². The minimum atomic E-state index is 0.00536. The van der Waals surface area contributed by atoms with Crippen LogP contribution in [0.2, 0.25) is 0 Å². The Labute approximate surface area is 112 Å². The molecule has 0 saturated heterocycles. The number of rotatable bonds is 5. The third-order valence-corrected chi connectivity index (χ3v) is 2.35. The molecule has 0 aliphatic rings. The van der Waals surface area contributed by atoms with E-state index in [9.17, 15) is 0 Å². The summed E-state index contributed by atoms with van der Waals surface area (Å²) >= 11 is 0. The van der Waals surface area contributed by atoms with Crippen molar-refractivity contribution in [1.29, 1.82) is 0 Å². The van der Waals surface area contributed by atoms with Gasteiger partial charge in [-0.3, -0.25) is 4.98 Å². The first-order valence-corrected chi connectivity index (χ1v) is 6.08. The van der Waals surface area contributed by atoms with Crippen molar-refractivity contribution < 1.29 is 4.74 Å². The second-order valence-corrected chi connectivity index (χ2v) is 4.02. The summed E-state index contributed by atoms with van der Waals surface area (Å²) in [7, 11) is 0. The monoisotopic (exact) mass is 253 g/mol. The molecule has 0 fully saturated rings. The third-order valence-electron chi connectivity index (χ3n) is 2.35. The Hall–Kier alpha value is -2.45. The van der Waals surface area contributed by atoms with Gasteiger partial charge in [0, 0.05) is 12.4 Å². The molecule has 0 amide bonds. The largest absolute Gasteiger partial charge is 0.491 e. The molecule has 0 N–H and O–H groups in total. The second kappa shape index (κ2) is 7.09. The molecule has 1 aromatic heterocycles. The molecule has 0 aliphatic carbocycles. The molecule has 4 heteroatoms. The van der Waals surface area contributed by atoms with Gasteiger partial charge in [-0.1, -0.05) is 18.2 Å². The number of nitrogens with zero attached hydrogens (tertiary/aromatic N) is 3. The zero-order chi connectivity index (χ0) is 13.3. The lowest BCUT2D eigenvalue weighted by molar-refractivity contribution is 0.297. The summed E-state index contributed by atoms with van der Waals surface area (Å²) < 4.78 is 5.59. The molecule has 0 aliphatic heterocycles. The molecule has 1 unspecified atom stereocenters. The Kier molecular flexibility index (Phi) is 4.85. The van der Waals surface area contributed by atoms with Crippen molar-refractivity contribution in [2.24, 2.45) is 9.98 Å². The summed E-state index contributed by atoms with van der Waals surface area (Å²) in [5.74, 6) is 0.843. The van der Waals surface area contributed by atoms with Crippen molar-refractivity contribution in [1.82, 2.24) is 4.98 Å². The van der Waals surface area contributed by atoms with Crippen LogP contribution in [-0.2, 0) is 0 Å². The zero-order valence-corrected chi connectivity index (χ0v) is 10.7. The van der Waals surface area contributed by atoms with Gasteiger partial charge in [0.2, 0.25) is 0 Å². The van der Waals surface area contributed by atoms with Crippen molar-refractivity contribution in [3.8, 4) is 5.75 Å². The lowest BCUT2D eigenvalue weighted by Gasteiger charge is -2.07. The molecule has 1 heterocycles. The quantitative estimate of drug-likeness (QED) is 0.767. The second-order valence-electron chi connectivity index (χ2n) is 4.02. The van der Waals surface area contributed by atoms with E-state index in [2.05, 4.69) is 21.0 Å². The van der Waals surface area contributed by atoms with Gasteiger partial charge in [-0.15, -0.1) is 0 Å². The highest BCUT2D eigenvalue weighted by Gasteiger charge is 1.99. The van der Waals surface area contributed by atoms with E-state index in [-0.39, 0.29) is 6.04 Å². The van der Waals surface area contributed by atoms with Crippen LogP contribution in [0.4, 0.5) is 5.69 Å². The number of para-hydroxylation sites is 1. The van der Waals surface area contributed by atoms with E-state index in [4.69, 9.17) is 4.74 Å². The van der Waals surface area contributed by atoms with Crippen molar-refractivity contribution >= 4 is 11.7 Å². The Bertz CT molecular complexity index is 548. The SMILES string of the molecule is CC(COc1ccccc1)N=C=Nc1ccncc1. The van der Waals surface area contributed by atoms with Crippen LogP contribution < -0.4 is 4.74 Å². The van der Waals surface area contributed by atoms with Crippen LogP contribution in [0.3, 0.4) is 0 Å². The minimum Gasteiger partial charge on any atom is -0.491 e. The van der Waals surface area contributed by atoms with Crippen LogP contribution in [0.15, 0.2) is 64.8 Å². The van der Waals surface area contributed by atoms with Crippen LogP contribution in [0.1, 0.15) is 6.92 Å². The van der Waals surface area contributed by atoms with E-state index < -0.39 is 0 Å².